The first-order valence-electron chi connectivity index (χ1n) is 4.93. The molecule has 1 radical (unpaired) electrons. The van der Waals surface area contributed by atoms with E-state index in [1.165, 1.54) is 17.7 Å². The fourth-order valence-corrected chi connectivity index (χ4v) is 2.32. The van der Waals surface area contributed by atoms with Crippen LogP contribution in [0.3, 0.4) is 0 Å². The van der Waals surface area contributed by atoms with Crippen molar-refractivity contribution in [3.8, 4) is 11.3 Å². The Bertz CT molecular complexity index is 782. The van der Waals surface area contributed by atoms with Crippen LogP contribution in [0.1, 0.15) is 0 Å². The molecule has 0 amide bonds. The zero-order valence-corrected chi connectivity index (χ0v) is 9.29. The van der Waals surface area contributed by atoms with E-state index in [1.807, 2.05) is 24.5 Å². The molecular weight excluding hydrogens is 236 g/mol. The Morgan fingerprint density at radius 3 is 3.24 bits per heavy atom. The van der Waals surface area contributed by atoms with Crippen molar-refractivity contribution in [2.24, 2.45) is 0 Å². The van der Waals surface area contributed by atoms with Crippen LogP contribution < -0.4 is 0 Å². The van der Waals surface area contributed by atoms with Crippen LogP contribution in [0.4, 0.5) is 0 Å². The lowest BCUT2D eigenvalue weighted by Gasteiger charge is -1.97. The van der Waals surface area contributed by atoms with E-state index in [-0.39, 0.29) is 0 Å². The van der Waals surface area contributed by atoms with Crippen molar-refractivity contribution in [3.63, 3.8) is 0 Å². The highest BCUT2D eigenvalue weighted by atomic mass is 32.1. The van der Waals surface area contributed by atoms with Gasteiger partial charge in [-0.1, -0.05) is 11.3 Å². The van der Waals surface area contributed by atoms with Crippen LogP contribution in [0, 0.1) is 5.51 Å². The lowest BCUT2D eigenvalue weighted by atomic mass is 10.2. The predicted molar refractivity (Wildman–Crippen MR) is 61.7 cm³/mol. The monoisotopic (exact) mass is 241 g/mol. The highest BCUT2D eigenvalue weighted by molar-refractivity contribution is 7.14. The van der Waals surface area contributed by atoms with Gasteiger partial charge in [0.2, 0.25) is 4.96 Å². The Balaban J connectivity index is 2.04. The summed E-state index contributed by atoms with van der Waals surface area (Å²) in [5.41, 5.74) is 5.37. The Morgan fingerprint density at radius 2 is 2.29 bits per heavy atom. The summed E-state index contributed by atoms with van der Waals surface area (Å²) in [6, 6.07) is 3.89. The number of fused-ring (bicyclic) bond motifs is 2. The Morgan fingerprint density at radius 1 is 1.29 bits per heavy atom. The summed E-state index contributed by atoms with van der Waals surface area (Å²) >= 11 is 1.38. The van der Waals surface area contributed by atoms with E-state index in [2.05, 4.69) is 25.7 Å². The maximum atomic E-state index is 4.48. The molecule has 0 aromatic carbocycles. The summed E-state index contributed by atoms with van der Waals surface area (Å²) in [6.07, 6.45) is 5.26. The molecule has 0 spiro atoms. The van der Waals surface area contributed by atoms with Crippen molar-refractivity contribution >= 4 is 21.9 Å². The number of hydrogen-bond donors (Lipinski definition) is 0. The molecule has 4 heterocycles. The molecule has 7 heteroatoms. The van der Waals surface area contributed by atoms with Gasteiger partial charge in [0.1, 0.15) is 6.33 Å². The molecule has 6 nitrogen and oxygen atoms in total. The van der Waals surface area contributed by atoms with Crippen molar-refractivity contribution < 1.29 is 0 Å². The average molecular weight is 241 g/mol. The summed E-state index contributed by atoms with van der Waals surface area (Å²) in [4.78, 5) is 9.53. The zero-order chi connectivity index (χ0) is 11.2. The van der Waals surface area contributed by atoms with E-state index in [0.717, 1.165) is 21.9 Å². The fraction of sp³-hybridized carbons (Fsp3) is 0. The van der Waals surface area contributed by atoms with Crippen LogP contribution in [-0.4, -0.2) is 29.2 Å². The van der Waals surface area contributed by atoms with Crippen molar-refractivity contribution in [2.45, 2.75) is 0 Å². The summed E-state index contributed by atoms with van der Waals surface area (Å²) in [7, 11) is 0. The third kappa shape index (κ3) is 1.19. The molecule has 0 saturated heterocycles. The second-order valence-corrected chi connectivity index (χ2v) is 4.25. The fourth-order valence-electron chi connectivity index (χ4n) is 1.78. The van der Waals surface area contributed by atoms with Crippen LogP contribution in [0.5, 0.6) is 0 Å². The maximum absolute atomic E-state index is 4.48. The summed E-state index contributed by atoms with van der Waals surface area (Å²) in [6.45, 7) is 0. The standard InChI is InChI=1S/C10H5N6S/c1-2-7(9-11-5-12-15(9)3-1)8-4-16-10(14-8)17-6-13-16/h1-5H. The van der Waals surface area contributed by atoms with E-state index >= 15 is 0 Å². The number of rotatable bonds is 1. The molecule has 0 aliphatic heterocycles. The third-order valence-electron chi connectivity index (χ3n) is 2.52. The van der Waals surface area contributed by atoms with Gasteiger partial charge in [0.25, 0.3) is 0 Å². The summed E-state index contributed by atoms with van der Waals surface area (Å²) < 4.78 is 3.43. The van der Waals surface area contributed by atoms with Gasteiger partial charge in [-0.2, -0.15) is 10.2 Å². The van der Waals surface area contributed by atoms with Gasteiger partial charge in [-0.25, -0.2) is 19.0 Å². The first-order valence-corrected chi connectivity index (χ1v) is 5.74. The van der Waals surface area contributed by atoms with E-state index in [9.17, 15) is 0 Å². The van der Waals surface area contributed by atoms with Gasteiger partial charge < -0.3 is 0 Å². The van der Waals surface area contributed by atoms with Crippen molar-refractivity contribution in [1.29, 1.82) is 0 Å². The molecule has 81 valence electrons. The van der Waals surface area contributed by atoms with Crippen LogP contribution in [0.15, 0.2) is 30.9 Å². The number of pyridine rings is 1. The largest absolute Gasteiger partial charge is 0.220 e. The van der Waals surface area contributed by atoms with Gasteiger partial charge in [-0.15, -0.1) is 0 Å². The van der Waals surface area contributed by atoms with Crippen LogP contribution in [0.2, 0.25) is 0 Å². The van der Waals surface area contributed by atoms with Gasteiger partial charge in [0, 0.05) is 11.8 Å². The molecule has 0 atom stereocenters. The second kappa shape index (κ2) is 3.11. The van der Waals surface area contributed by atoms with Crippen LogP contribution in [0.25, 0.3) is 21.9 Å². The molecule has 0 saturated carbocycles. The minimum Gasteiger partial charge on any atom is -0.220 e. The van der Waals surface area contributed by atoms with E-state index in [1.54, 1.807) is 9.03 Å². The highest BCUT2D eigenvalue weighted by Gasteiger charge is 2.10. The minimum atomic E-state index is 0.794. The van der Waals surface area contributed by atoms with Crippen molar-refractivity contribution in [3.05, 3.63) is 36.4 Å². The third-order valence-corrected chi connectivity index (χ3v) is 3.16. The molecule has 4 aromatic heterocycles. The number of aromatic nitrogens is 6. The number of hydrogen-bond acceptors (Lipinski definition) is 5. The van der Waals surface area contributed by atoms with E-state index in [0.29, 0.717) is 0 Å². The topological polar surface area (TPSA) is 60.4 Å². The molecule has 0 bridgehead atoms. The minimum absolute atomic E-state index is 0.794. The van der Waals surface area contributed by atoms with Crippen molar-refractivity contribution in [2.75, 3.05) is 0 Å². The van der Waals surface area contributed by atoms with Crippen molar-refractivity contribution in [1.82, 2.24) is 29.2 Å². The molecule has 0 unspecified atom stereocenters. The quantitative estimate of drug-likeness (QED) is 0.504. The molecule has 0 aliphatic rings. The van der Waals surface area contributed by atoms with Gasteiger partial charge >= 0.3 is 0 Å². The smallest absolute Gasteiger partial charge is 0.213 e. The normalized spacial score (nSPS) is 11.5. The highest BCUT2D eigenvalue weighted by Crippen LogP contribution is 2.23. The van der Waals surface area contributed by atoms with Gasteiger partial charge in [0.15, 0.2) is 11.2 Å². The lowest BCUT2D eigenvalue weighted by molar-refractivity contribution is 0.960. The molecule has 4 rings (SSSR count). The van der Waals surface area contributed by atoms with E-state index in [4.69, 9.17) is 0 Å². The molecule has 0 aliphatic carbocycles. The SMILES string of the molecule is [c]1nn2cc(-c3cccn4ncnc34)nc2s1. The van der Waals surface area contributed by atoms with Gasteiger partial charge in [-0.05, 0) is 12.1 Å². The lowest BCUT2D eigenvalue weighted by Crippen LogP contribution is -1.89. The second-order valence-electron chi connectivity index (χ2n) is 3.50. The van der Waals surface area contributed by atoms with Crippen LogP contribution in [-0.2, 0) is 0 Å². The number of nitrogens with zero attached hydrogens (tertiary/aromatic N) is 6. The number of imidazole rings is 1. The summed E-state index contributed by atoms with van der Waals surface area (Å²) in [5.74, 6) is 0. The maximum Gasteiger partial charge on any atom is 0.213 e. The first-order chi connectivity index (χ1) is 8.42. The molecule has 4 aromatic rings. The molecule has 0 N–H and O–H groups in total. The Kier molecular flexibility index (Phi) is 1.61. The average Bonchev–Trinajstić information content (AvgIpc) is 3.02. The van der Waals surface area contributed by atoms with Crippen LogP contribution >= 0.6 is 11.3 Å². The Hall–Kier alpha value is -2.28. The predicted octanol–water partition coefficient (Wildman–Crippen LogP) is 1.30. The molecule has 17 heavy (non-hydrogen) atoms. The first kappa shape index (κ1) is 8.82. The van der Waals surface area contributed by atoms with E-state index < -0.39 is 0 Å². The Labute approximate surface area is 99.2 Å². The summed E-state index contributed by atoms with van der Waals surface area (Å²) in [5, 5.41) is 8.14. The van der Waals surface area contributed by atoms with Gasteiger partial charge in [-0.3, -0.25) is 0 Å². The molecular formula is C10H5N6S. The molecule has 0 fully saturated rings. The zero-order valence-electron chi connectivity index (χ0n) is 8.48. The van der Waals surface area contributed by atoms with Gasteiger partial charge in [0.05, 0.1) is 11.9 Å².